The zero-order valence-corrected chi connectivity index (χ0v) is 11.9. The lowest BCUT2D eigenvalue weighted by Crippen LogP contribution is -2.34. The van der Waals surface area contributed by atoms with Crippen LogP contribution in [0.3, 0.4) is 0 Å². The number of hydrogen-bond acceptors (Lipinski definition) is 4. The molecule has 0 spiro atoms. The number of hydrogen-bond donors (Lipinski definition) is 0. The zero-order valence-electron chi connectivity index (χ0n) is 10.3. The van der Waals surface area contributed by atoms with Gasteiger partial charge in [-0.3, -0.25) is 0 Å². The quantitative estimate of drug-likeness (QED) is 0.826. The number of likely N-dealkylation sites (N-methyl/N-ethyl adjacent to an activating group) is 1. The van der Waals surface area contributed by atoms with Crippen molar-refractivity contribution in [1.82, 2.24) is 13.9 Å². The maximum absolute atomic E-state index is 12.3. The molecule has 1 aliphatic rings. The summed E-state index contributed by atoms with van der Waals surface area (Å²) in [6, 6.07) is 0. The number of rotatable bonds is 4. The van der Waals surface area contributed by atoms with Crippen LogP contribution in [0.15, 0.2) is 11.4 Å². The Kier molecular flexibility index (Phi) is 3.96. The van der Waals surface area contributed by atoms with E-state index in [4.69, 9.17) is 16.3 Å². The van der Waals surface area contributed by atoms with Crippen molar-refractivity contribution in [2.75, 3.05) is 20.2 Å². The average Bonchev–Trinajstić information content (AvgIpc) is 2.91. The van der Waals surface area contributed by atoms with E-state index >= 15 is 0 Å². The number of halogens is 1. The van der Waals surface area contributed by atoms with Crippen molar-refractivity contribution in [3.05, 3.63) is 11.5 Å². The van der Waals surface area contributed by atoms with Gasteiger partial charge in [-0.1, -0.05) is 11.6 Å². The van der Waals surface area contributed by atoms with Crippen molar-refractivity contribution >= 4 is 21.6 Å². The lowest BCUT2D eigenvalue weighted by atomic mass is 10.2. The van der Waals surface area contributed by atoms with Crippen LogP contribution in [0.5, 0.6) is 0 Å². The summed E-state index contributed by atoms with van der Waals surface area (Å²) in [6.07, 6.45) is 3.21. The first-order chi connectivity index (χ1) is 8.43. The van der Waals surface area contributed by atoms with Crippen LogP contribution in [0.25, 0.3) is 0 Å². The van der Waals surface area contributed by atoms with Crippen LogP contribution in [-0.4, -0.2) is 48.6 Å². The van der Waals surface area contributed by atoms with Gasteiger partial charge in [0.15, 0.2) is 0 Å². The first-order valence-corrected chi connectivity index (χ1v) is 7.49. The maximum Gasteiger partial charge on any atom is 0.263 e. The highest BCUT2D eigenvalue weighted by molar-refractivity contribution is 7.89. The van der Waals surface area contributed by atoms with Crippen LogP contribution >= 0.6 is 11.6 Å². The van der Waals surface area contributed by atoms with Gasteiger partial charge in [-0.05, 0) is 12.8 Å². The monoisotopic (exact) mass is 293 g/mol. The third-order valence-electron chi connectivity index (χ3n) is 2.97. The van der Waals surface area contributed by atoms with Gasteiger partial charge in [0, 0.05) is 27.2 Å². The van der Waals surface area contributed by atoms with Crippen LogP contribution in [0.1, 0.15) is 12.8 Å². The third kappa shape index (κ3) is 2.54. The predicted molar refractivity (Wildman–Crippen MR) is 67.0 cm³/mol. The van der Waals surface area contributed by atoms with Gasteiger partial charge < -0.3 is 9.30 Å². The Labute approximate surface area is 112 Å². The van der Waals surface area contributed by atoms with Gasteiger partial charge in [-0.25, -0.2) is 13.4 Å². The highest BCUT2D eigenvalue weighted by Gasteiger charge is 2.30. The zero-order chi connectivity index (χ0) is 13.3. The van der Waals surface area contributed by atoms with E-state index in [0.717, 1.165) is 12.8 Å². The lowest BCUT2D eigenvalue weighted by Gasteiger charge is -2.19. The molecular formula is C10H16ClN3O3S. The first kappa shape index (κ1) is 13.8. The molecule has 0 radical (unpaired) electrons. The summed E-state index contributed by atoms with van der Waals surface area (Å²) in [4.78, 5) is 3.84. The van der Waals surface area contributed by atoms with E-state index in [1.54, 1.807) is 7.05 Å². The lowest BCUT2D eigenvalue weighted by molar-refractivity contribution is 0.0978. The highest BCUT2D eigenvalue weighted by atomic mass is 35.5. The van der Waals surface area contributed by atoms with E-state index in [-0.39, 0.29) is 16.3 Å². The molecule has 2 rings (SSSR count). The molecule has 1 unspecified atom stereocenters. The normalized spacial score (nSPS) is 20.8. The fourth-order valence-corrected chi connectivity index (χ4v) is 3.47. The molecule has 1 fully saturated rings. The van der Waals surface area contributed by atoms with Gasteiger partial charge in [0.25, 0.3) is 10.0 Å². The number of sulfonamides is 1. The smallest absolute Gasteiger partial charge is 0.263 e. The van der Waals surface area contributed by atoms with E-state index in [0.29, 0.717) is 13.2 Å². The van der Waals surface area contributed by atoms with Crippen LogP contribution in [0, 0.1) is 0 Å². The molecule has 18 heavy (non-hydrogen) atoms. The molecule has 0 aliphatic carbocycles. The Hall–Kier alpha value is -0.630. The summed E-state index contributed by atoms with van der Waals surface area (Å²) in [7, 11) is -0.484. The van der Waals surface area contributed by atoms with E-state index in [1.165, 1.54) is 22.2 Å². The van der Waals surface area contributed by atoms with Gasteiger partial charge in [0.05, 0.1) is 12.4 Å². The molecule has 1 aromatic rings. The molecule has 2 heterocycles. The van der Waals surface area contributed by atoms with Crippen LogP contribution in [0.4, 0.5) is 0 Å². The Bertz CT molecular complexity index is 522. The molecule has 102 valence electrons. The van der Waals surface area contributed by atoms with E-state index < -0.39 is 10.0 Å². The van der Waals surface area contributed by atoms with Crippen molar-refractivity contribution in [1.29, 1.82) is 0 Å². The van der Waals surface area contributed by atoms with Gasteiger partial charge >= 0.3 is 0 Å². The summed E-state index contributed by atoms with van der Waals surface area (Å²) in [5.74, 6) is 0. The maximum atomic E-state index is 12.3. The number of imidazole rings is 1. The minimum absolute atomic E-state index is 0.0349. The minimum atomic E-state index is -3.65. The molecule has 8 heteroatoms. The second kappa shape index (κ2) is 5.16. The van der Waals surface area contributed by atoms with E-state index in [2.05, 4.69) is 4.98 Å². The highest BCUT2D eigenvalue weighted by Crippen LogP contribution is 2.23. The summed E-state index contributed by atoms with van der Waals surface area (Å²) in [6.45, 7) is 1.03. The van der Waals surface area contributed by atoms with E-state index in [9.17, 15) is 8.42 Å². The molecule has 0 amide bonds. The molecule has 0 aromatic carbocycles. The topological polar surface area (TPSA) is 64.4 Å². The molecule has 1 aliphatic heterocycles. The first-order valence-electron chi connectivity index (χ1n) is 5.67. The van der Waals surface area contributed by atoms with Crippen LogP contribution in [-0.2, 0) is 21.8 Å². The van der Waals surface area contributed by atoms with E-state index in [1.807, 2.05) is 0 Å². The molecule has 0 saturated carbocycles. The number of aryl methyl sites for hydroxylation is 1. The summed E-state index contributed by atoms with van der Waals surface area (Å²) < 4.78 is 32.7. The van der Waals surface area contributed by atoms with Crippen molar-refractivity contribution in [2.45, 2.75) is 24.0 Å². The number of aromatic nitrogens is 2. The second-order valence-corrected chi connectivity index (χ2v) is 6.69. The molecule has 1 aromatic heterocycles. The third-order valence-corrected chi connectivity index (χ3v) is 5.29. The second-order valence-electron chi connectivity index (χ2n) is 4.37. The number of nitrogens with zero attached hydrogens (tertiary/aromatic N) is 3. The van der Waals surface area contributed by atoms with Gasteiger partial charge in [0.2, 0.25) is 5.03 Å². The van der Waals surface area contributed by atoms with Gasteiger partial charge in [-0.2, -0.15) is 4.31 Å². The Morgan fingerprint density at radius 1 is 1.67 bits per heavy atom. The van der Waals surface area contributed by atoms with Crippen molar-refractivity contribution < 1.29 is 13.2 Å². The van der Waals surface area contributed by atoms with Crippen molar-refractivity contribution in [3.8, 4) is 0 Å². The Morgan fingerprint density at radius 2 is 2.39 bits per heavy atom. The van der Waals surface area contributed by atoms with Crippen LogP contribution in [0.2, 0.25) is 5.15 Å². The fourth-order valence-electron chi connectivity index (χ4n) is 1.89. The molecule has 0 bridgehead atoms. The summed E-state index contributed by atoms with van der Waals surface area (Å²) in [5, 5.41) is 0.0151. The number of ether oxygens (including phenoxy) is 1. The SMILES string of the molecule is CN(CC1CCCO1)S(=O)(=O)c1ncn(C)c1Cl. The summed E-state index contributed by atoms with van der Waals surface area (Å²) in [5.41, 5.74) is 0. The summed E-state index contributed by atoms with van der Waals surface area (Å²) >= 11 is 5.92. The molecule has 6 nitrogen and oxygen atoms in total. The molecule has 1 atom stereocenters. The van der Waals surface area contributed by atoms with Gasteiger partial charge in [0.1, 0.15) is 5.15 Å². The minimum Gasteiger partial charge on any atom is -0.377 e. The fraction of sp³-hybridized carbons (Fsp3) is 0.700. The molecule has 1 saturated heterocycles. The standard InChI is InChI=1S/C10H16ClN3O3S/c1-13-7-12-10(9(13)11)18(15,16)14(2)6-8-4-3-5-17-8/h7-8H,3-6H2,1-2H3. The Morgan fingerprint density at radius 3 is 2.89 bits per heavy atom. The Balaban J connectivity index is 2.17. The average molecular weight is 294 g/mol. The molecule has 0 N–H and O–H groups in total. The van der Waals surface area contributed by atoms with Crippen molar-refractivity contribution in [2.24, 2.45) is 7.05 Å². The predicted octanol–water partition coefficient (Wildman–Crippen LogP) is 0.873. The molecular weight excluding hydrogens is 278 g/mol. The van der Waals surface area contributed by atoms with Crippen molar-refractivity contribution in [3.63, 3.8) is 0 Å². The largest absolute Gasteiger partial charge is 0.377 e. The van der Waals surface area contributed by atoms with Gasteiger partial charge in [-0.15, -0.1) is 0 Å². The van der Waals surface area contributed by atoms with Crippen LogP contribution < -0.4 is 0 Å².